The minimum Gasteiger partial charge on any atom is -0.418 e. The molecule has 0 aromatic carbocycles. The van der Waals surface area contributed by atoms with Gasteiger partial charge < -0.3 is 9.10 Å². The molecule has 0 spiro atoms. The van der Waals surface area contributed by atoms with Gasteiger partial charge in [-0.25, -0.2) is 0 Å². The largest absolute Gasteiger partial charge is 0.418 e. The summed E-state index contributed by atoms with van der Waals surface area (Å²) >= 11 is 0. The van der Waals surface area contributed by atoms with E-state index in [1.54, 1.807) is 0 Å². The van der Waals surface area contributed by atoms with Gasteiger partial charge in [-0.1, -0.05) is 0 Å². The fourth-order valence-corrected chi connectivity index (χ4v) is 2.69. The third-order valence-corrected chi connectivity index (χ3v) is 3.68. The highest BCUT2D eigenvalue weighted by Crippen LogP contribution is 2.39. The molecule has 2 unspecified atom stereocenters. The Morgan fingerprint density at radius 3 is 3.00 bits per heavy atom. The Morgan fingerprint density at radius 2 is 2.23 bits per heavy atom. The lowest BCUT2D eigenvalue weighted by atomic mass is 9.92. The van der Waals surface area contributed by atoms with E-state index >= 15 is 0 Å². The molecule has 0 amide bonds. The Morgan fingerprint density at radius 1 is 1.46 bits per heavy atom. The molecular formula is C11H21O2+. The number of fused-ring (bicyclic) bond motifs is 2. The molecule has 0 radical (unpaired) electrons. The lowest BCUT2D eigenvalue weighted by molar-refractivity contribution is -0.185. The highest BCUT2D eigenvalue weighted by atomic mass is 16.7. The van der Waals surface area contributed by atoms with Crippen LogP contribution in [0.4, 0.5) is 0 Å². The predicted molar refractivity (Wildman–Crippen MR) is 53.1 cm³/mol. The van der Waals surface area contributed by atoms with Gasteiger partial charge in [-0.2, -0.15) is 0 Å². The van der Waals surface area contributed by atoms with Gasteiger partial charge in [-0.05, 0) is 19.8 Å². The van der Waals surface area contributed by atoms with Crippen LogP contribution in [0.25, 0.3) is 0 Å². The van der Waals surface area contributed by atoms with Crippen LogP contribution in [0.15, 0.2) is 0 Å². The molecule has 2 aliphatic heterocycles. The SMILES string of the molecule is CC1CCC[C@@]2(C)CC(C[O+]2C)O1. The monoisotopic (exact) mass is 185 g/mol. The maximum absolute atomic E-state index is 5.96. The topological polar surface area (TPSA) is 11.9 Å². The second kappa shape index (κ2) is 3.25. The van der Waals surface area contributed by atoms with Crippen molar-refractivity contribution in [3.05, 3.63) is 0 Å². The van der Waals surface area contributed by atoms with Crippen LogP contribution in [0.1, 0.15) is 39.5 Å². The molecule has 0 saturated carbocycles. The summed E-state index contributed by atoms with van der Waals surface area (Å²) < 4.78 is 9.25. The second-order valence-electron chi connectivity index (χ2n) is 4.92. The van der Waals surface area contributed by atoms with Crippen molar-refractivity contribution in [1.82, 2.24) is 0 Å². The molecule has 2 nitrogen and oxygen atoms in total. The summed E-state index contributed by atoms with van der Waals surface area (Å²) in [6.07, 6.45) is 5.93. The Balaban J connectivity index is 2.09. The molecule has 76 valence electrons. The van der Waals surface area contributed by atoms with Gasteiger partial charge in [0.25, 0.3) is 0 Å². The van der Waals surface area contributed by atoms with Gasteiger partial charge in [0.15, 0.2) is 12.2 Å². The fraction of sp³-hybridized carbons (Fsp3) is 1.00. The van der Waals surface area contributed by atoms with Crippen molar-refractivity contribution in [2.45, 2.75) is 57.3 Å². The highest BCUT2D eigenvalue weighted by Gasteiger charge is 2.47. The summed E-state index contributed by atoms with van der Waals surface area (Å²) in [6.45, 7) is 5.59. The van der Waals surface area contributed by atoms with Crippen LogP contribution in [0.2, 0.25) is 0 Å². The lowest BCUT2D eigenvalue weighted by Crippen LogP contribution is -2.32. The Bertz CT molecular complexity index is 191. The first-order chi connectivity index (χ1) is 6.10. The third-order valence-electron chi connectivity index (χ3n) is 3.68. The van der Waals surface area contributed by atoms with Crippen LogP contribution in [0, 0.1) is 0 Å². The van der Waals surface area contributed by atoms with Gasteiger partial charge in [0, 0.05) is 13.3 Å². The number of ether oxygens (including phenoxy) is 1. The van der Waals surface area contributed by atoms with E-state index in [0.29, 0.717) is 17.8 Å². The lowest BCUT2D eigenvalue weighted by Gasteiger charge is -2.28. The number of hydrogen-bond acceptors (Lipinski definition) is 1. The van der Waals surface area contributed by atoms with Crippen LogP contribution < -0.4 is 0 Å². The smallest absolute Gasteiger partial charge is 0.173 e. The van der Waals surface area contributed by atoms with Crippen LogP contribution >= 0.6 is 0 Å². The van der Waals surface area contributed by atoms with E-state index in [-0.39, 0.29) is 0 Å². The standard InChI is InChI=1S/C11H21O2/c1-9-5-4-6-11(2)7-10(12-9)8-13(11)3/h9-10H,4-8H2,1-3H3/q+1/t9?,10?,11-/m0/s1. The predicted octanol–water partition coefficient (Wildman–Crippen LogP) is 2.29. The molecule has 2 rings (SSSR count). The molecule has 0 aromatic rings. The molecule has 2 bridgehead atoms. The van der Waals surface area contributed by atoms with Crippen molar-refractivity contribution in [3.8, 4) is 0 Å². The average Bonchev–Trinajstić information content (AvgIpc) is 2.26. The van der Waals surface area contributed by atoms with Crippen LogP contribution in [0.5, 0.6) is 0 Å². The van der Waals surface area contributed by atoms with Gasteiger partial charge in [-0.15, -0.1) is 0 Å². The van der Waals surface area contributed by atoms with Crippen molar-refractivity contribution in [2.75, 3.05) is 13.7 Å². The van der Waals surface area contributed by atoms with Crippen molar-refractivity contribution >= 4 is 0 Å². The highest BCUT2D eigenvalue weighted by molar-refractivity contribution is 4.90. The van der Waals surface area contributed by atoms with Crippen molar-refractivity contribution in [2.24, 2.45) is 0 Å². The third kappa shape index (κ3) is 1.75. The molecule has 0 N–H and O–H groups in total. The van der Waals surface area contributed by atoms with E-state index in [1.165, 1.54) is 25.7 Å². The summed E-state index contributed by atoms with van der Waals surface area (Å²) in [6, 6.07) is 0. The Kier molecular flexibility index (Phi) is 2.37. The van der Waals surface area contributed by atoms with Gasteiger partial charge in [0.05, 0.1) is 12.5 Å². The molecule has 2 saturated heterocycles. The van der Waals surface area contributed by atoms with Gasteiger partial charge >= 0.3 is 0 Å². The minimum absolute atomic E-state index is 0.338. The molecule has 13 heavy (non-hydrogen) atoms. The molecule has 2 heterocycles. The average molecular weight is 185 g/mol. The zero-order valence-electron chi connectivity index (χ0n) is 9.01. The van der Waals surface area contributed by atoms with Crippen LogP contribution in [0.3, 0.4) is 0 Å². The second-order valence-corrected chi connectivity index (χ2v) is 4.92. The Hall–Kier alpha value is -0.0800. The first-order valence-corrected chi connectivity index (χ1v) is 5.38. The molecule has 2 aliphatic rings. The number of rotatable bonds is 0. The summed E-state index contributed by atoms with van der Waals surface area (Å²) in [5.74, 6) is 0. The van der Waals surface area contributed by atoms with E-state index in [2.05, 4.69) is 25.3 Å². The molecule has 2 heteroatoms. The fourth-order valence-electron chi connectivity index (χ4n) is 2.69. The molecular weight excluding hydrogens is 164 g/mol. The van der Waals surface area contributed by atoms with Crippen molar-refractivity contribution < 1.29 is 9.10 Å². The van der Waals surface area contributed by atoms with Gasteiger partial charge in [0.1, 0.15) is 13.2 Å². The minimum atomic E-state index is 0.338. The van der Waals surface area contributed by atoms with Crippen LogP contribution in [-0.2, 0) is 9.10 Å². The van der Waals surface area contributed by atoms with Crippen molar-refractivity contribution in [1.29, 1.82) is 0 Å². The first kappa shape index (κ1) is 9.47. The quantitative estimate of drug-likeness (QED) is 0.527. The van der Waals surface area contributed by atoms with Gasteiger partial charge in [-0.3, -0.25) is 0 Å². The zero-order chi connectivity index (χ0) is 9.47. The van der Waals surface area contributed by atoms with Gasteiger partial charge in [0.2, 0.25) is 0 Å². The van der Waals surface area contributed by atoms with Crippen molar-refractivity contribution in [3.63, 3.8) is 0 Å². The number of hydrogen-bond donors (Lipinski definition) is 0. The summed E-state index contributed by atoms with van der Waals surface area (Å²) in [5, 5.41) is 0. The van der Waals surface area contributed by atoms with E-state index < -0.39 is 0 Å². The van der Waals surface area contributed by atoms with E-state index in [9.17, 15) is 0 Å². The van der Waals surface area contributed by atoms with E-state index in [4.69, 9.17) is 4.74 Å². The zero-order valence-corrected chi connectivity index (χ0v) is 9.01. The van der Waals surface area contributed by atoms with E-state index in [0.717, 1.165) is 6.61 Å². The molecule has 0 aromatic heterocycles. The molecule has 0 aliphatic carbocycles. The Labute approximate surface area is 80.9 Å². The maximum Gasteiger partial charge on any atom is 0.173 e. The summed E-state index contributed by atoms with van der Waals surface area (Å²) in [7, 11) is 2.15. The maximum atomic E-state index is 5.96. The summed E-state index contributed by atoms with van der Waals surface area (Å²) in [5.41, 5.74) is 0.338. The molecule has 3 atom stereocenters. The van der Waals surface area contributed by atoms with E-state index in [1.807, 2.05) is 0 Å². The normalized spacial score (nSPS) is 47.3. The molecule has 2 fully saturated rings. The first-order valence-electron chi connectivity index (χ1n) is 5.38. The van der Waals surface area contributed by atoms with Crippen LogP contribution in [-0.4, -0.2) is 31.5 Å². The summed E-state index contributed by atoms with van der Waals surface area (Å²) in [4.78, 5) is 0.